The Morgan fingerprint density at radius 3 is 2.33 bits per heavy atom. The van der Waals surface area contributed by atoms with Gasteiger partial charge in [0, 0.05) is 0 Å². The average molecular weight is 250 g/mol. The molecule has 0 aromatic heterocycles. The van der Waals surface area contributed by atoms with Gasteiger partial charge < -0.3 is 9.84 Å². The predicted molar refractivity (Wildman–Crippen MR) is 72.1 cm³/mol. The molecule has 0 unspecified atom stereocenters. The van der Waals surface area contributed by atoms with E-state index in [1.54, 1.807) is 13.8 Å². The summed E-state index contributed by atoms with van der Waals surface area (Å²) in [6.07, 6.45) is 0. The van der Waals surface area contributed by atoms with Crippen LogP contribution < -0.4 is 4.74 Å². The van der Waals surface area contributed by atoms with Crippen LogP contribution in [0, 0.1) is 5.41 Å². The van der Waals surface area contributed by atoms with Crippen molar-refractivity contribution >= 4 is 5.97 Å². The van der Waals surface area contributed by atoms with Crippen LogP contribution in [0.3, 0.4) is 0 Å². The molecule has 0 bridgehead atoms. The molecule has 0 radical (unpaired) electrons. The highest BCUT2D eigenvalue weighted by atomic mass is 16.5. The lowest BCUT2D eigenvalue weighted by atomic mass is 9.87. The standard InChI is InChI=1S/C15H22O3/c1-14(2,3)11-7-6-8-12(9-11)18-10-15(4,5)13(16)17/h6-9H,10H2,1-5H3,(H,16,17). The lowest BCUT2D eigenvalue weighted by Crippen LogP contribution is -2.30. The van der Waals surface area contributed by atoms with E-state index in [4.69, 9.17) is 9.84 Å². The van der Waals surface area contributed by atoms with Gasteiger partial charge in [0.1, 0.15) is 12.4 Å². The summed E-state index contributed by atoms with van der Waals surface area (Å²) in [4.78, 5) is 11.0. The molecule has 1 aromatic carbocycles. The van der Waals surface area contributed by atoms with Gasteiger partial charge in [-0.15, -0.1) is 0 Å². The first-order valence-electron chi connectivity index (χ1n) is 6.10. The topological polar surface area (TPSA) is 46.5 Å². The Morgan fingerprint density at radius 1 is 1.22 bits per heavy atom. The molecule has 0 saturated heterocycles. The highest BCUT2D eigenvalue weighted by molar-refractivity contribution is 5.73. The minimum atomic E-state index is -0.877. The molecule has 3 heteroatoms. The van der Waals surface area contributed by atoms with Crippen LogP contribution in [0.1, 0.15) is 40.2 Å². The third-order valence-electron chi connectivity index (χ3n) is 2.88. The van der Waals surface area contributed by atoms with Crippen LogP contribution in [0.4, 0.5) is 0 Å². The third kappa shape index (κ3) is 3.76. The molecular weight excluding hydrogens is 228 g/mol. The van der Waals surface area contributed by atoms with Crippen molar-refractivity contribution in [2.75, 3.05) is 6.61 Å². The average Bonchev–Trinajstić information content (AvgIpc) is 2.25. The van der Waals surface area contributed by atoms with Crippen LogP contribution in [-0.4, -0.2) is 17.7 Å². The van der Waals surface area contributed by atoms with Crippen molar-refractivity contribution in [3.63, 3.8) is 0 Å². The number of benzene rings is 1. The fourth-order valence-corrected chi connectivity index (χ4v) is 1.38. The molecule has 1 N–H and O–H groups in total. The number of ether oxygens (including phenoxy) is 1. The van der Waals surface area contributed by atoms with Crippen molar-refractivity contribution in [2.45, 2.75) is 40.0 Å². The van der Waals surface area contributed by atoms with Crippen LogP contribution in [0.25, 0.3) is 0 Å². The van der Waals surface area contributed by atoms with Crippen molar-refractivity contribution in [1.82, 2.24) is 0 Å². The number of hydrogen-bond acceptors (Lipinski definition) is 2. The Kier molecular flexibility index (Phi) is 4.05. The number of carboxylic acid groups (broad SMARTS) is 1. The maximum absolute atomic E-state index is 11.0. The molecular formula is C15H22O3. The fourth-order valence-electron chi connectivity index (χ4n) is 1.38. The molecule has 18 heavy (non-hydrogen) atoms. The van der Waals surface area contributed by atoms with E-state index in [-0.39, 0.29) is 12.0 Å². The number of carbonyl (C=O) groups is 1. The Bertz CT molecular complexity index is 428. The summed E-state index contributed by atoms with van der Waals surface area (Å²) in [5, 5.41) is 9.02. The summed E-state index contributed by atoms with van der Waals surface area (Å²) in [5.41, 5.74) is 0.354. The summed E-state index contributed by atoms with van der Waals surface area (Å²) >= 11 is 0. The molecule has 0 aliphatic rings. The summed E-state index contributed by atoms with van der Waals surface area (Å²) in [5.74, 6) is -0.133. The largest absolute Gasteiger partial charge is 0.492 e. The Hall–Kier alpha value is -1.51. The lowest BCUT2D eigenvalue weighted by molar-refractivity contribution is -0.148. The number of hydrogen-bond donors (Lipinski definition) is 1. The van der Waals surface area contributed by atoms with Gasteiger partial charge in [0.05, 0.1) is 5.41 Å². The zero-order chi connectivity index (χ0) is 14.0. The van der Waals surface area contributed by atoms with Crippen LogP contribution in [-0.2, 0) is 10.2 Å². The fraction of sp³-hybridized carbons (Fsp3) is 0.533. The van der Waals surface area contributed by atoms with Gasteiger partial charge in [-0.2, -0.15) is 0 Å². The molecule has 0 spiro atoms. The van der Waals surface area contributed by atoms with Crippen molar-refractivity contribution < 1.29 is 14.6 Å². The number of carboxylic acids is 1. The summed E-state index contributed by atoms with van der Waals surface area (Å²) < 4.78 is 5.59. The van der Waals surface area contributed by atoms with Gasteiger partial charge in [0.15, 0.2) is 0 Å². The zero-order valence-electron chi connectivity index (χ0n) is 11.8. The molecule has 0 aliphatic heterocycles. The van der Waals surface area contributed by atoms with E-state index >= 15 is 0 Å². The summed E-state index contributed by atoms with van der Waals surface area (Å²) in [7, 11) is 0. The second-order valence-electron chi connectivity index (χ2n) is 6.26. The normalized spacial score (nSPS) is 12.3. The van der Waals surface area contributed by atoms with Crippen molar-refractivity contribution in [1.29, 1.82) is 0 Å². The second kappa shape index (κ2) is 5.01. The maximum Gasteiger partial charge on any atom is 0.312 e. The van der Waals surface area contributed by atoms with Crippen LogP contribution >= 0.6 is 0 Å². The van der Waals surface area contributed by atoms with Crippen LogP contribution in [0.2, 0.25) is 0 Å². The van der Waals surface area contributed by atoms with Crippen molar-refractivity contribution in [3.8, 4) is 5.75 Å². The highest BCUT2D eigenvalue weighted by Crippen LogP contribution is 2.26. The SMILES string of the molecule is CC(C)(COc1cccc(C(C)(C)C)c1)C(=O)O. The number of aliphatic carboxylic acids is 1. The minimum absolute atomic E-state index is 0.0572. The molecule has 1 aromatic rings. The highest BCUT2D eigenvalue weighted by Gasteiger charge is 2.28. The number of rotatable bonds is 4. The van der Waals surface area contributed by atoms with Crippen LogP contribution in [0.5, 0.6) is 5.75 Å². The quantitative estimate of drug-likeness (QED) is 0.890. The van der Waals surface area contributed by atoms with E-state index in [9.17, 15) is 4.79 Å². The summed E-state index contributed by atoms with van der Waals surface area (Å²) in [6.45, 7) is 9.87. The Balaban J connectivity index is 2.78. The van der Waals surface area contributed by atoms with Gasteiger partial charge in [-0.05, 0) is 37.0 Å². The first kappa shape index (κ1) is 14.6. The van der Waals surface area contributed by atoms with Gasteiger partial charge in [-0.25, -0.2) is 0 Å². The molecule has 3 nitrogen and oxygen atoms in total. The van der Waals surface area contributed by atoms with E-state index in [0.717, 1.165) is 5.75 Å². The van der Waals surface area contributed by atoms with Gasteiger partial charge >= 0.3 is 5.97 Å². The molecule has 100 valence electrons. The van der Waals surface area contributed by atoms with Gasteiger partial charge in [0.25, 0.3) is 0 Å². The monoisotopic (exact) mass is 250 g/mol. The summed E-state index contributed by atoms with van der Waals surface area (Å²) in [6, 6.07) is 7.81. The molecule has 0 amide bonds. The molecule has 0 saturated carbocycles. The van der Waals surface area contributed by atoms with E-state index < -0.39 is 11.4 Å². The smallest absolute Gasteiger partial charge is 0.312 e. The lowest BCUT2D eigenvalue weighted by Gasteiger charge is -2.22. The minimum Gasteiger partial charge on any atom is -0.492 e. The zero-order valence-corrected chi connectivity index (χ0v) is 11.8. The van der Waals surface area contributed by atoms with Crippen molar-refractivity contribution in [2.24, 2.45) is 5.41 Å². The van der Waals surface area contributed by atoms with Crippen molar-refractivity contribution in [3.05, 3.63) is 29.8 Å². The molecule has 0 fully saturated rings. The van der Waals surface area contributed by atoms with Gasteiger partial charge in [-0.1, -0.05) is 32.9 Å². The van der Waals surface area contributed by atoms with Gasteiger partial charge in [0.2, 0.25) is 0 Å². The van der Waals surface area contributed by atoms with E-state index in [1.165, 1.54) is 5.56 Å². The van der Waals surface area contributed by atoms with E-state index in [1.807, 2.05) is 18.2 Å². The molecule has 0 aliphatic carbocycles. The third-order valence-corrected chi connectivity index (χ3v) is 2.88. The maximum atomic E-state index is 11.0. The predicted octanol–water partition coefficient (Wildman–Crippen LogP) is 3.47. The Labute approximate surface area is 109 Å². The van der Waals surface area contributed by atoms with E-state index in [2.05, 4.69) is 26.8 Å². The first-order chi connectivity index (χ1) is 8.13. The molecule has 1 rings (SSSR count). The first-order valence-corrected chi connectivity index (χ1v) is 6.10. The second-order valence-corrected chi connectivity index (χ2v) is 6.26. The molecule has 0 atom stereocenters. The Morgan fingerprint density at radius 2 is 1.83 bits per heavy atom. The van der Waals surface area contributed by atoms with Crippen LogP contribution in [0.15, 0.2) is 24.3 Å². The van der Waals surface area contributed by atoms with E-state index in [0.29, 0.717) is 0 Å². The molecule has 0 heterocycles. The van der Waals surface area contributed by atoms with Gasteiger partial charge in [-0.3, -0.25) is 4.79 Å².